The molecule has 2 N–H and O–H groups in total. The maximum absolute atomic E-state index is 5.95. The van der Waals surface area contributed by atoms with Gasteiger partial charge in [0.25, 0.3) is 0 Å². The average molecular weight is 364 g/mol. The number of thioether (sulfide) groups is 1. The molecule has 3 rings (SSSR count). The fourth-order valence-corrected chi connectivity index (χ4v) is 4.80. The van der Waals surface area contributed by atoms with Crippen LogP contribution in [-0.4, -0.2) is 6.54 Å². The van der Waals surface area contributed by atoms with E-state index in [1.807, 2.05) is 11.8 Å². The Morgan fingerprint density at radius 1 is 1.05 bits per heavy atom. The van der Waals surface area contributed by atoms with Crippen molar-refractivity contribution in [2.24, 2.45) is 5.73 Å². The topological polar surface area (TPSA) is 26.0 Å². The Morgan fingerprint density at radius 3 is 2.55 bits per heavy atom. The van der Waals surface area contributed by atoms with Crippen LogP contribution in [0.4, 0.5) is 0 Å². The molecule has 20 heavy (non-hydrogen) atoms. The zero-order valence-corrected chi connectivity index (χ0v) is 14.0. The highest BCUT2D eigenvalue weighted by atomic mass is 79.9. The number of benzene rings is 2. The predicted molar refractivity (Wildman–Crippen MR) is 93.6 cm³/mol. The van der Waals surface area contributed by atoms with Crippen LogP contribution in [0.3, 0.4) is 0 Å². The lowest BCUT2D eigenvalue weighted by atomic mass is 10.1. The Bertz CT molecular complexity index is 723. The first kappa shape index (κ1) is 14.1. The summed E-state index contributed by atoms with van der Waals surface area (Å²) in [6.07, 6.45) is 0. The highest BCUT2D eigenvalue weighted by Gasteiger charge is 2.13. The van der Waals surface area contributed by atoms with E-state index < -0.39 is 0 Å². The van der Waals surface area contributed by atoms with Gasteiger partial charge in [-0.2, -0.15) is 0 Å². The summed E-state index contributed by atoms with van der Waals surface area (Å²) < 4.78 is 1.16. The van der Waals surface area contributed by atoms with Gasteiger partial charge in [0.05, 0.1) is 9.04 Å². The smallest absolute Gasteiger partial charge is 0.0701 e. The van der Waals surface area contributed by atoms with Crippen LogP contribution in [0.2, 0.25) is 0 Å². The van der Waals surface area contributed by atoms with Gasteiger partial charge >= 0.3 is 0 Å². The van der Waals surface area contributed by atoms with Crippen molar-refractivity contribution in [3.63, 3.8) is 0 Å². The highest BCUT2D eigenvalue weighted by Crippen LogP contribution is 2.39. The van der Waals surface area contributed by atoms with Crippen LogP contribution in [0.1, 0.15) is 10.1 Å². The average Bonchev–Trinajstić information content (AvgIpc) is 2.91. The largest absolute Gasteiger partial charge is 0.329 e. The van der Waals surface area contributed by atoms with E-state index in [1.54, 1.807) is 11.3 Å². The summed E-state index contributed by atoms with van der Waals surface area (Å²) in [5.74, 6) is 0. The molecule has 1 aromatic heterocycles. The Hall–Kier alpha value is -0.810. The number of fused-ring (bicyclic) bond motifs is 1. The first-order valence-electron chi connectivity index (χ1n) is 6.37. The molecule has 2 aromatic carbocycles. The van der Waals surface area contributed by atoms with Crippen LogP contribution < -0.4 is 5.73 Å². The van der Waals surface area contributed by atoms with Crippen molar-refractivity contribution in [3.8, 4) is 0 Å². The molecule has 0 radical (unpaired) electrons. The van der Waals surface area contributed by atoms with Crippen LogP contribution in [0.15, 0.2) is 63.3 Å². The molecule has 0 aliphatic carbocycles. The number of halogens is 1. The number of thiophene rings is 1. The second kappa shape index (κ2) is 6.31. The number of hydrogen-bond acceptors (Lipinski definition) is 3. The molecule has 3 aromatic rings. The van der Waals surface area contributed by atoms with E-state index in [2.05, 4.69) is 70.5 Å². The van der Waals surface area contributed by atoms with Crippen molar-refractivity contribution in [3.05, 3.63) is 63.3 Å². The first-order chi connectivity index (χ1) is 9.76. The van der Waals surface area contributed by atoms with Gasteiger partial charge in [0.15, 0.2) is 0 Å². The zero-order valence-electron chi connectivity index (χ0n) is 10.8. The van der Waals surface area contributed by atoms with E-state index in [9.17, 15) is 0 Å². The quantitative estimate of drug-likeness (QED) is 0.623. The summed E-state index contributed by atoms with van der Waals surface area (Å²) in [6.45, 7) is 0.643. The third-order valence-corrected chi connectivity index (χ3v) is 6.27. The van der Waals surface area contributed by atoms with Gasteiger partial charge in [0, 0.05) is 16.3 Å². The normalized spacial score (nSPS) is 12.7. The van der Waals surface area contributed by atoms with Crippen LogP contribution in [0.5, 0.6) is 0 Å². The van der Waals surface area contributed by atoms with Crippen molar-refractivity contribution in [2.45, 2.75) is 10.1 Å². The third-order valence-electron chi connectivity index (χ3n) is 3.12. The molecule has 1 atom stereocenters. The maximum atomic E-state index is 5.95. The Kier molecular flexibility index (Phi) is 4.46. The fraction of sp³-hybridized carbons (Fsp3) is 0.125. The molecule has 1 nitrogen and oxygen atoms in total. The van der Waals surface area contributed by atoms with Crippen LogP contribution >= 0.6 is 39.0 Å². The minimum absolute atomic E-state index is 0.312. The van der Waals surface area contributed by atoms with Gasteiger partial charge in [0.2, 0.25) is 0 Å². The lowest BCUT2D eigenvalue weighted by Crippen LogP contribution is -2.07. The summed E-state index contributed by atoms with van der Waals surface area (Å²) in [5.41, 5.74) is 5.95. The summed E-state index contributed by atoms with van der Waals surface area (Å²) in [7, 11) is 0. The van der Waals surface area contributed by atoms with E-state index in [1.165, 1.54) is 20.5 Å². The van der Waals surface area contributed by atoms with Crippen LogP contribution in [0.25, 0.3) is 10.8 Å². The molecule has 102 valence electrons. The van der Waals surface area contributed by atoms with Gasteiger partial charge in [-0.1, -0.05) is 30.3 Å². The third kappa shape index (κ3) is 3.09. The molecule has 0 aliphatic rings. The van der Waals surface area contributed by atoms with Crippen LogP contribution in [-0.2, 0) is 0 Å². The molecule has 0 saturated carbocycles. The number of nitrogens with two attached hydrogens (primary N) is 1. The van der Waals surface area contributed by atoms with E-state index in [0.29, 0.717) is 11.8 Å². The fourth-order valence-electron chi connectivity index (χ4n) is 2.13. The maximum Gasteiger partial charge on any atom is 0.0701 e. The lowest BCUT2D eigenvalue weighted by molar-refractivity contribution is 0.960. The predicted octanol–water partition coefficient (Wildman–Crippen LogP) is 5.46. The standard InChI is InChI=1S/C16H14BrNS2/c17-16-8-7-14(20-16)15(10-18)19-13-6-5-11-3-1-2-4-12(11)9-13/h1-9,15H,10,18H2. The molecule has 1 heterocycles. The van der Waals surface area contributed by atoms with Gasteiger partial charge in [0.1, 0.15) is 0 Å². The minimum Gasteiger partial charge on any atom is -0.329 e. The second-order valence-corrected chi connectivity index (χ2v) is 8.26. The number of rotatable bonds is 4. The number of hydrogen-bond donors (Lipinski definition) is 1. The molecule has 0 saturated heterocycles. The molecule has 0 fully saturated rings. The summed E-state index contributed by atoms with van der Waals surface area (Å²) in [5, 5.41) is 2.87. The van der Waals surface area contributed by atoms with E-state index >= 15 is 0 Å². The minimum atomic E-state index is 0.312. The molecule has 1 unspecified atom stereocenters. The monoisotopic (exact) mass is 363 g/mol. The highest BCUT2D eigenvalue weighted by molar-refractivity contribution is 9.11. The molecule has 4 heteroatoms. The Balaban J connectivity index is 1.87. The van der Waals surface area contributed by atoms with Crippen molar-refractivity contribution in [1.29, 1.82) is 0 Å². The molecular formula is C16H14BrNS2. The van der Waals surface area contributed by atoms with Crippen molar-refractivity contribution >= 4 is 49.8 Å². The Labute approximate surface area is 135 Å². The molecular weight excluding hydrogens is 350 g/mol. The van der Waals surface area contributed by atoms with Crippen molar-refractivity contribution in [1.82, 2.24) is 0 Å². The van der Waals surface area contributed by atoms with Gasteiger partial charge < -0.3 is 5.73 Å². The van der Waals surface area contributed by atoms with Gasteiger partial charge in [-0.25, -0.2) is 0 Å². The van der Waals surface area contributed by atoms with Gasteiger partial charge in [-0.15, -0.1) is 23.1 Å². The molecule has 0 aliphatic heterocycles. The van der Waals surface area contributed by atoms with E-state index in [0.717, 1.165) is 3.79 Å². The second-order valence-electron chi connectivity index (χ2n) is 4.49. The molecule has 0 spiro atoms. The Morgan fingerprint density at radius 2 is 1.85 bits per heavy atom. The van der Waals surface area contributed by atoms with Crippen molar-refractivity contribution < 1.29 is 0 Å². The van der Waals surface area contributed by atoms with Gasteiger partial charge in [-0.3, -0.25) is 0 Å². The molecule has 0 amide bonds. The zero-order chi connectivity index (χ0) is 13.9. The van der Waals surface area contributed by atoms with E-state index in [-0.39, 0.29) is 0 Å². The van der Waals surface area contributed by atoms with Crippen molar-refractivity contribution in [2.75, 3.05) is 6.54 Å². The molecule has 0 bridgehead atoms. The van der Waals surface area contributed by atoms with Crippen LogP contribution in [0, 0.1) is 0 Å². The summed E-state index contributed by atoms with van der Waals surface area (Å²) in [6, 6.07) is 19.3. The first-order valence-corrected chi connectivity index (χ1v) is 8.86. The van der Waals surface area contributed by atoms with E-state index in [4.69, 9.17) is 5.73 Å². The SMILES string of the molecule is NCC(Sc1ccc2ccccc2c1)c1ccc(Br)s1. The summed E-state index contributed by atoms with van der Waals surface area (Å²) in [4.78, 5) is 2.58. The summed E-state index contributed by atoms with van der Waals surface area (Å²) >= 11 is 7.11. The van der Waals surface area contributed by atoms with Gasteiger partial charge in [-0.05, 0) is 51.0 Å². The lowest BCUT2D eigenvalue weighted by Gasteiger charge is -2.13.